The summed E-state index contributed by atoms with van der Waals surface area (Å²) in [5, 5.41) is 3.42. The Bertz CT molecular complexity index is 428. The molecule has 1 fully saturated rings. The van der Waals surface area contributed by atoms with E-state index in [2.05, 4.69) is 33.4 Å². The van der Waals surface area contributed by atoms with Gasteiger partial charge in [0.1, 0.15) is 5.75 Å². The molecule has 0 amide bonds. The predicted molar refractivity (Wildman–Crippen MR) is 82.2 cm³/mol. The van der Waals surface area contributed by atoms with Crippen LogP contribution >= 0.6 is 15.9 Å². The van der Waals surface area contributed by atoms with Gasteiger partial charge in [0.2, 0.25) is 0 Å². The zero-order chi connectivity index (χ0) is 14.4. The van der Waals surface area contributed by atoms with E-state index < -0.39 is 0 Å². The van der Waals surface area contributed by atoms with Crippen LogP contribution in [0.3, 0.4) is 0 Å². The normalized spacial score (nSPS) is 22.1. The maximum atomic E-state index is 5.90. The third-order valence-corrected chi connectivity index (χ3v) is 4.23. The van der Waals surface area contributed by atoms with Crippen molar-refractivity contribution >= 4 is 15.9 Å². The lowest BCUT2D eigenvalue weighted by Crippen LogP contribution is -2.27. The van der Waals surface area contributed by atoms with Crippen LogP contribution in [0, 0.1) is 5.92 Å². The van der Waals surface area contributed by atoms with E-state index in [0.29, 0.717) is 5.92 Å². The van der Waals surface area contributed by atoms with Gasteiger partial charge in [-0.25, -0.2) is 0 Å². The Kier molecular flexibility index (Phi) is 6.29. The van der Waals surface area contributed by atoms with Crippen molar-refractivity contribution in [2.45, 2.75) is 12.5 Å². The van der Waals surface area contributed by atoms with E-state index in [0.717, 1.165) is 42.9 Å². The van der Waals surface area contributed by atoms with Gasteiger partial charge in [-0.05, 0) is 40.0 Å². The second kappa shape index (κ2) is 7.98. The Balaban J connectivity index is 1.97. The standard InChI is InChI=1S/C15H22BrNO3/c1-18-8-6-17-10-12-5-7-20-15(12)11-3-4-14(19-2)13(16)9-11/h3-4,9,12,15,17H,5-8,10H2,1-2H3. The average Bonchev–Trinajstić information content (AvgIpc) is 2.92. The van der Waals surface area contributed by atoms with E-state index in [9.17, 15) is 0 Å². The summed E-state index contributed by atoms with van der Waals surface area (Å²) >= 11 is 3.53. The Labute approximate surface area is 128 Å². The van der Waals surface area contributed by atoms with Crippen LogP contribution < -0.4 is 10.1 Å². The average molecular weight is 344 g/mol. The van der Waals surface area contributed by atoms with E-state index >= 15 is 0 Å². The van der Waals surface area contributed by atoms with Gasteiger partial charge in [0.05, 0.1) is 24.3 Å². The van der Waals surface area contributed by atoms with E-state index in [1.54, 1.807) is 14.2 Å². The largest absolute Gasteiger partial charge is 0.496 e. The molecule has 0 bridgehead atoms. The quantitative estimate of drug-likeness (QED) is 0.772. The SMILES string of the molecule is COCCNCC1CCOC1c1ccc(OC)c(Br)c1. The van der Waals surface area contributed by atoms with Gasteiger partial charge in [0.15, 0.2) is 0 Å². The van der Waals surface area contributed by atoms with Crippen LogP contribution in [0.25, 0.3) is 0 Å². The highest BCUT2D eigenvalue weighted by Crippen LogP contribution is 2.37. The molecule has 4 nitrogen and oxygen atoms in total. The lowest BCUT2D eigenvalue weighted by Gasteiger charge is -2.20. The lowest BCUT2D eigenvalue weighted by molar-refractivity contribution is 0.0898. The van der Waals surface area contributed by atoms with Crippen molar-refractivity contribution in [1.29, 1.82) is 0 Å². The van der Waals surface area contributed by atoms with Crippen molar-refractivity contribution in [1.82, 2.24) is 5.32 Å². The van der Waals surface area contributed by atoms with Gasteiger partial charge in [-0.3, -0.25) is 0 Å². The molecule has 0 radical (unpaired) electrons. The molecule has 1 saturated heterocycles. The van der Waals surface area contributed by atoms with Crippen LogP contribution in [0.2, 0.25) is 0 Å². The molecule has 0 saturated carbocycles. The van der Waals surface area contributed by atoms with Crippen molar-refractivity contribution in [2.24, 2.45) is 5.92 Å². The molecule has 0 aliphatic carbocycles. The summed E-state index contributed by atoms with van der Waals surface area (Å²) < 4.78 is 17.2. The summed E-state index contributed by atoms with van der Waals surface area (Å²) in [4.78, 5) is 0. The van der Waals surface area contributed by atoms with Crippen LogP contribution in [-0.4, -0.2) is 40.5 Å². The topological polar surface area (TPSA) is 39.7 Å². The van der Waals surface area contributed by atoms with Crippen LogP contribution in [0.15, 0.2) is 22.7 Å². The Morgan fingerprint density at radius 3 is 2.95 bits per heavy atom. The first-order valence-electron chi connectivity index (χ1n) is 6.91. The fourth-order valence-corrected chi connectivity index (χ4v) is 3.09. The fraction of sp³-hybridized carbons (Fsp3) is 0.600. The van der Waals surface area contributed by atoms with Crippen LogP contribution in [0.1, 0.15) is 18.1 Å². The van der Waals surface area contributed by atoms with Crippen molar-refractivity contribution in [3.8, 4) is 5.75 Å². The fourth-order valence-electron chi connectivity index (χ4n) is 2.53. The van der Waals surface area contributed by atoms with Gasteiger partial charge in [-0.15, -0.1) is 0 Å². The first-order chi connectivity index (χ1) is 9.76. The molecule has 1 aliphatic rings. The van der Waals surface area contributed by atoms with Crippen molar-refractivity contribution < 1.29 is 14.2 Å². The monoisotopic (exact) mass is 343 g/mol. The molecule has 1 aromatic rings. The Hall–Kier alpha value is -0.620. The molecule has 0 aromatic heterocycles. The number of nitrogens with one attached hydrogen (secondary N) is 1. The Morgan fingerprint density at radius 2 is 2.25 bits per heavy atom. The first kappa shape index (κ1) is 15.8. The van der Waals surface area contributed by atoms with Crippen LogP contribution in [0.4, 0.5) is 0 Å². The zero-order valence-electron chi connectivity index (χ0n) is 12.0. The second-order valence-electron chi connectivity index (χ2n) is 4.93. The number of benzene rings is 1. The molecule has 20 heavy (non-hydrogen) atoms. The van der Waals surface area contributed by atoms with Crippen molar-refractivity contribution in [2.75, 3.05) is 40.5 Å². The van der Waals surface area contributed by atoms with Gasteiger partial charge >= 0.3 is 0 Å². The molecule has 1 N–H and O–H groups in total. The minimum Gasteiger partial charge on any atom is -0.496 e. The predicted octanol–water partition coefficient (Wildman–Crippen LogP) is 2.77. The smallest absolute Gasteiger partial charge is 0.133 e. The second-order valence-corrected chi connectivity index (χ2v) is 5.79. The summed E-state index contributed by atoms with van der Waals surface area (Å²) in [5.41, 5.74) is 1.20. The summed E-state index contributed by atoms with van der Waals surface area (Å²) in [7, 11) is 3.40. The highest BCUT2D eigenvalue weighted by molar-refractivity contribution is 9.10. The molecule has 2 rings (SSSR count). The van der Waals surface area contributed by atoms with Crippen molar-refractivity contribution in [3.63, 3.8) is 0 Å². The number of hydrogen-bond donors (Lipinski definition) is 1. The van der Waals surface area contributed by atoms with Gasteiger partial charge in [0.25, 0.3) is 0 Å². The molecule has 1 aliphatic heterocycles. The van der Waals surface area contributed by atoms with E-state index in [1.165, 1.54) is 5.56 Å². The van der Waals surface area contributed by atoms with Gasteiger partial charge < -0.3 is 19.5 Å². The maximum absolute atomic E-state index is 5.90. The number of hydrogen-bond acceptors (Lipinski definition) is 4. The third kappa shape index (κ3) is 3.95. The number of ether oxygens (including phenoxy) is 3. The maximum Gasteiger partial charge on any atom is 0.133 e. The molecule has 2 unspecified atom stereocenters. The van der Waals surface area contributed by atoms with Crippen LogP contribution in [-0.2, 0) is 9.47 Å². The number of rotatable bonds is 7. The van der Waals surface area contributed by atoms with Gasteiger partial charge in [-0.2, -0.15) is 0 Å². The van der Waals surface area contributed by atoms with Gasteiger partial charge in [-0.1, -0.05) is 6.07 Å². The molecule has 0 spiro atoms. The summed E-state index contributed by atoms with van der Waals surface area (Å²) in [6, 6.07) is 6.16. The van der Waals surface area contributed by atoms with Crippen molar-refractivity contribution in [3.05, 3.63) is 28.2 Å². The highest BCUT2D eigenvalue weighted by atomic mass is 79.9. The lowest BCUT2D eigenvalue weighted by atomic mass is 9.95. The molecule has 112 valence electrons. The summed E-state index contributed by atoms with van der Waals surface area (Å²) in [5.74, 6) is 1.36. The van der Waals surface area contributed by atoms with E-state index in [4.69, 9.17) is 14.2 Å². The van der Waals surface area contributed by atoms with Gasteiger partial charge in [0, 0.05) is 32.7 Å². The van der Waals surface area contributed by atoms with E-state index in [-0.39, 0.29) is 6.10 Å². The summed E-state index contributed by atoms with van der Waals surface area (Å²) in [6.45, 7) is 3.40. The molecule has 5 heteroatoms. The first-order valence-corrected chi connectivity index (χ1v) is 7.70. The summed E-state index contributed by atoms with van der Waals surface area (Å²) in [6.07, 6.45) is 1.25. The zero-order valence-corrected chi connectivity index (χ0v) is 13.6. The molecule has 1 aromatic carbocycles. The minimum atomic E-state index is 0.159. The highest BCUT2D eigenvalue weighted by Gasteiger charge is 2.29. The van der Waals surface area contributed by atoms with E-state index in [1.807, 2.05) is 6.07 Å². The number of methoxy groups -OCH3 is 2. The van der Waals surface area contributed by atoms with Crippen LogP contribution in [0.5, 0.6) is 5.75 Å². The third-order valence-electron chi connectivity index (χ3n) is 3.61. The molecule has 1 heterocycles. The molecular formula is C15H22BrNO3. The molecular weight excluding hydrogens is 322 g/mol. The molecule has 2 atom stereocenters. The number of halogens is 1. The Morgan fingerprint density at radius 1 is 1.40 bits per heavy atom. The minimum absolute atomic E-state index is 0.159.